The fraction of sp³-hybridized carbons (Fsp3) is 0.200. The summed E-state index contributed by atoms with van der Waals surface area (Å²) >= 11 is 0. The number of likely N-dealkylation sites (N-methyl/N-ethyl adjacent to an activating group) is 1. The number of aliphatic imine (C=N–C) groups is 1. The molecule has 23 heavy (non-hydrogen) atoms. The van der Waals surface area contributed by atoms with Crippen LogP contribution in [0.2, 0.25) is 0 Å². The van der Waals surface area contributed by atoms with Crippen molar-refractivity contribution < 1.29 is 0 Å². The first-order chi connectivity index (χ1) is 11.2. The van der Waals surface area contributed by atoms with E-state index >= 15 is 0 Å². The van der Waals surface area contributed by atoms with Gasteiger partial charge in [0.2, 0.25) is 0 Å². The van der Waals surface area contributed by atoms with Gasteiger partial charge in [-0.1, -0.05) is 48.5 Å². The van der Waals surface area contributed by atoms with Gasteiger partial charge in [-0.15, -0.1) is 0 Å². The molecule has 0 radical (unpaired) electrons. The van der Waals surface area contributed by atoms with Gasteiger partial charge in [-0.3, -0.25) is 4.99 Å². The van der Waals surface area contributed by atoms with E-state index in [0.717, 1.165) is 34.5 Å². The average Bonchev–Trinajstić information content (AvgIpc) is 2.94. The van der Waals surface area contributed by atoms with E-state index in [1.807, 2.05) is 24.3 Å². The predicted octanol–water partition coefficient (Wildman–Crippen LogP) is 3.98. The number of hydrogen-bond acceptors (Lipinski definition) is 3. The molecule has 114 valence electrons. The second-order valence-corrected chi connectivity index (χ2v) is 6.06. The molecule has 4 rings (SSSR count). The van der Waals surface area contributed by atoms with Crippen molar-refractivity contribution >= 4 is 16.7 Å². The summed E-state index contributed by atoms with van der Waals surface area (Å²) in [7, 11) is 2.12. The molecule has 0 saturated carbocycles. The number of hydrogen-bond donors (Lipinski definition) is 0. The zero-order valence-corrected chi connectivity index (χ0v) is 13.4. The second kappa shape index (κ2) is 5.51. The average molecular weight is 301 g/mol. The monoisotopic (exact) mass is 301 g/mol. The molecular weight excluding hydrogens is 282 g/mol. The Hall–Kier alpha value is -2.68. The van der Waals surface area contributed by atoms with E-state index in [9.17, 15) is 0 Å². The fourth-order valence-corrected chi connectivity index (χ4v) is 3.05. The number of amidine groups is 1. The summed E-state index contributed by atoms with van der Waals surface area (Å²) in [4.78, 5) is 11.9. The maximum absolute atomic E-state index is 4.85. The Labute approximate surface area is 136 Å². The number of fused-ring (bicyclic) bond motifs is 1. The summed E-state index contributed by atoms with van der Waals surface area (Å²) in [5.74, 6) is 1.06. The van der Waals surface area contributed by atoms with Gasteiger partial charge in [0.15, 0.2) is 0 Å². The molecule has 0 amide bonds. The highest BCUT2D eigenvalue weighted by Crippen LogP contribution is 2.27. The first kappa shape index (κ1) is 13.9. The van der Waals surface area contributed by atoms with Crippen LogP contribution in [0.1, 0.15) is 12.5 Å². The highest BCUT2D eigenvalue weighted by Gasteiger charge is 2.23. The van der Waals surface area contributed by atoms with Crippen molar-refractivity contribution in [2.75, 3.05) is 13.6 Å². The molecule has 1 aliphatic rings. The molecule has 1 aromatic heterocycles. The third-order valence-corrected chi connectivity index (χ3v) is 4.53. The van der Waals surface area contributed by atoms with Gasteiger partial charge in [-0.2, -0.15) is 0 Å². The maximum atomic E-state index is 4.85. The van der Waals surface area contributed by atoms with Crippen molar-refractivity contribution in [3.8, 4) is 11.3 Å². The highest BCUT2D eigenvalue weighted by atomic mass is 15.2. The molecule has 0 spiro atoms. The van der Waals surface area contributed by atoms with Gasteiger partial charge in [0.25, 0.3) is 0 Å². The van der Waals surface area contributed by atoms with E-state index in [1.54, 1.807) is 0 Å². The van der Waals surface area contributed by atoms with Crippen molar-refractivity contribution in [1.29, 1.82) is 0 Å². The van der Waals surface area contributed by atoms with Crippen LogP contribution < -0.4 is 0 Å². The Morgan fingerprint density at radius 3 is 2.48 bits per heavy atom. The van der Waals surface area contributed by atoms with Crippen LogP contribution >= 0.6 is 0 Å². The molecule has 0 saturated heterocycles. The van der Waals surface area contributed by atoms with Gasteiger partial charge < -0.3 is 4.90 Å². The molecule has 0 fully saturated rings. The number of aromatic nitrogens is 1. The third kappa shape index (κ3) is 2.38. The second-order valence-electron chi connectivity index (χ2n) is 6.06. The van der Waals surface area contributed by atoms with Crippen molar-refractivity contribution in [2.24, 2.45) is 4.99 Å². The minimum atomic E-state index is 0.442. The molecule has 0 aliphatic carbocycles. The lowest BCUT2D eigenvalue weighted by Gasteiger charge is -2.21. The Morgan fingerprint density at radius 1 is 1.00 bits per heavy atom. The quantitative estimate of drug-likeness (QED) is 0.716. The van der Waals surface area contributed by atoms with E-state index in [0.29, 0.717) is 6.04 Å². The Balaban J connectivity index is 1.95. The summed E-state index contributed by atoms with van der Waals surface area (Å²) < 4.78 is 0. The lowest BCUT2D eigenvalue weighted by Crippen LogP contribution is -2.31. The van der Waals surface area contributed by atoms with Crippen LogP contribution in [-0.2, 0) is 0 Å². The van der Waals surface area contributed by atoms with Gasteiger partial charge in [0.05, 0.1) is 17.8 Å². The maximum Gasteiger partial charge on any atom is 0.131 e. The topological polar surface area (TPSA) is 28.5 Å². The van der Waals surface area contributed by atoms with Crippen LogP contribution in [0.15, 0.2) is 65.7 Å². The number of nitrogens with zero attached hydrogens (tertiary/aromatic N) is 3. The summed E-state index contributed by atoms with van der Waals surface area (Å²) in [5.41, 5.74) is 4.31. The van der Waals surface area contributed by atoms with Gasteiger partial charge in [0.1, 0.15) is 5.84 Å². The van der Waals surface area contributed by atoms with Crippen molar-refractivity contribution in [3.63, 3.8) is 0 Å². The van der Waals surface area contributed by atoms with E-state index in [-0.39, 0.29) is 0 Å². The van der Waals surface area contributed by atoms with E-state index in [4.69, 9.17) is 9.98 Å². The SMILES string of the molecule is CC1CN=C(c2cc(-c3ccccc3)nc3ccccc23)N1C. The van der Waals surface area contributed by atoms with Crippen molar-refractivity contribution in [1.82, 2.24) is 9.88 Å². The summed E-state index contributed by atoms with van der Waals surface area (Å²) in [6.07, 6.45) is 0. The largest absolute Gasteiger partial charge is 0.355 e. The minimum Gasteiger partial charge on any atom is -0.355 e. The molecule has 1 unspecified atom stereocenters. The Kier molecular flexibility index (Phi) is 3.34. The zero-order valence-electron chi connectivity index (χ0n) is 13.4. The van der Waals surface area contributed by atoms with Crippen molar-refractivity contribution in [3.05, 3.63) is 66.2 Å². The normalized spacial score (nSPS) is 17.6. The molecule has 2 aromatic carbocycles. The Morgan fingerprint density at radius 2 is 1.74 bits per heavy atom. The summed E-state index contributed by atoms with van der Waals surface area (Å²) in [6, 6.07) is 21.2. The zero-order chi connectivity index (χ0) is 15.8. The summed E-state index contributed by atoms with van der Waals surface area (Å²) in [6.45, 7) is 3.06. The fourth-order valence-electron chi connectivity index (χ4n) is 3.05. The summed E-state index contributed by atoms with van der Waals surface area (Å²) in [5, 5.41) is 1.16. The van der Waals surface area contributed by atoms with Gasteiger partial charge in [-0.25, -0.2) is 4.98 Å². The van der Waals surface area contributed by atoms with Crippen molar-refractivity contribution in [2.45, 2.75) is 13.0 Å². The molecular formula is C20H19N3. The van der Waals surface area contributed by atoms with Gasteiger partial charge in [-0.05, 0) is 19.1 Å². The van der Waals surface area contributed by atoms with Crippen LogP contribution in [0.4, 0.5) is 0 Å². The van der Waals surface area contributed by atoms with Crippen LogP contribution in [-0.4, -0.2) is 35.4 Å². The molecule has 0 bridgehead atoms. The first-order valence-corrected chi connectivity index (χ1v) is 7.97. The molecule has 1 aliphatic heterocycles. The van der Waals surface area contributed by atoms with Crippen LogP contribution in [0.3, 0.4) is 0 Å². The molecule has 3 aromatic rings. The van der Waals surface area contributed by atoms with Crippen LogP contribution in [0.25, 0.3) is 22.2 Å². The Bertz CT molecular complexity index is 884. The lowest BCUT2D eigenvalue weighted by atomic mass is 10.0. The number of rotatable bonds is 2. The smallest absolute Gasteiger partial charge is 0.131 e. The van der Waals surface area contributed by atoms with E-state index in [1.165, 1.54) is 5.56 Å². The number of benzene rings is 2. The lowest BCUT2D eigenvalue weighted by molar-refractivity contribution is 0.433. The van der Waals surface area contributed by atoms with Gasteiger partial charge in [0, 0.05) is 29.6 Å². The molecule has 1 atom stereocenters. The predicted molar refractivity (Wildman–Crippen MR) is 95.8 cm³/mol. The van der Waals surface area contributed by atoms with Crippen LogP contribution in [0.5, 0.6) is 0 Å². The molecule has 0 N–H and O–H groups in total. The van der Waals surface area contributed by atoms with Gasteiger partial charge >= 0.3 is 0 Å². The number of para-hydroxylation sites is 1. The molecule has 2 heterocycles. The molecule has 3 heteroatoms. The third-order valence-electron chi connectivity index (χ3n) is 4.53. The minimum absolute atomic E-state index is 0.442. The van der Waals surface area contributed by atoms with E-state index < -0.39 is 0 Å². The first-order valence-electron chi connectivity index (χ1n) is 7.97. The van der Waals surface area contributed by atoms with Crippen LogP contribution in [0, 0.1) is 0 Å². The molecule has 3 nitrogen and oxygen atoms in total. The highest BCUT2D eigenvalue weighted by molar-refractivity contribution is 6.10. The van der Waals surface area contributed by atoms with E-state index in [2.05, 4.69) is 55.3 Å². The number of pyridine rings is 1. The standard InChI is InChI=1S/C20H19N3/c1-14-13-21-20(23(14)2)17-12-19(15-8-4-3-5-9-15)22-18-11-7-6-10-16(17)18/h3-12,14H,13H2,1-2H3.